The van der Waals surface area contributed by atoms with Crippen LogP contribution in [0.25, 0.3) is 0 Å². The fourth-order valence-corrected chi connectivity index (χ4v) is 3.06. The van der Waals surface area contributed by atoms with Gasteiger partial charge in [-0.15, -0.1) is 0 Å². The smallest absolute Gasteiger partial charge is 0.344 e. The number of hydrogen-bond acceptors (Lipinski definition) is 6. The first-order valence-electron chi connectivity index (χ1n) is 9.75. The van der Waals surface area contributed by atoms with Gasteiger partial charge in [-0.2, -0.15) is 0 Å². The van der Waals surface area contributed by atoms with Crippen molar-refractivity contribution < 1.29 is 23.9 Å². The highest BCUT2D eigenvalue weighted by Gasteiger charge is 2.21. The largest absolute Gasteiger partial charge is 0.477 e. The molecule has 0 saturated heterocycles. The maximum Gasteiger partial charge on any atom is 0.344 e. The Labute approximate surface area is 179 Å². The minimum atomic E-state index is -0.698. The Hall–Kier alpha value is -3.94. The molecule has 1 aromatic carbocycles. The van der Waals surface area contributed by atoms with Gasteiger partial charge in [-0.3, -0.25) is 19.7 Å². The monoisotopic (exact) mass is 421 g/mol. The van der Waals surface area contributed by atoms with E-state index in [1.165, 1.54) is 12.3 Å². The lowest BCUT2D eigenvalue weighted by Crippen LogP contribution is -2.25. The summed E-state index contributed by atoms with van der Waals surface area (Å²) in [4.78, 5) is 41.5. The average Bonchev–Trinajstić information content (AvgIpc) is 3.06. The highest BCUT2D eigenvalue weighted by atomic mass is 16.5. The van der Waals surface area contributed by atoms with Crippen molar-refractivity contribution in [3.05, 3.63) is 82.8 Å². The van der Waals surface area contributed by atoms with Crippen molar-refractivity contribution in [3.8, 4) is 5.88 Å². The summed E-state index contributed by atoms with van der Waals surface area (Å²) in [6.07, 6.45) is 1.51. The van der Waals surface area contributed by atoms with Crippen LogP contribution in [-0.2, 0) is 4.74 Å². The van der Waals surface area contributed by atoms with Crippen LogP contribution in [0.5, 0.6) is 5.88 Å². The predicted molar refractivity (Wildman–Crippen MR) is 114 cm³/mol. The zero-order valence-electron chi connectivity index (χ0n) is 17.5. The summed E-state index contributed by atoms with van der Waals surface area (Å²) >= 11 is 0. The van der Waals surface area contributed by atoms with Crippen LogP contribution in [0.4, 0.5) is 0 Å². The lowest BCUT2D eigenvalue weighted by Gasteiger charge is -2.12. The number of aromatic nitrogens is 2. The quantitative estimate of drug-likeness (QED) is 0.442. The van der Waals surface area contributed by atoms with E-state index in [4.69, 9.17) is 9.47 Å². The third kappa shape index (κ3) is 4.98. The van der Waals surface area contributed by atoms with Gasteiger partial charge in [-0.25, -0.2) is 9.78 Å². The highest BCUT2D eigenvalue weighted by molar-refractivity contribution is 6.02. The molecule has 1 amide bonds. The number of aryl methyl sites for hydroxylation is 1. The maximum absolute atomic E-state index is 12.7. The molecule has 3 rings (SSSR count). The standard InChI is InChI=1S/C23H23N3O5/c1-4-30-22-18(11-8-12-24-22)23(29)31-14-20(27)19-13-15(2)26(16(19)3)25-21(28)17-9-6-5-7-10-17/h5-13H,4,14H2,1-3H3,(H,25,28). The number of nitrogens with zero attached hydrogens (tertiary/aromatic N) is 2. The summed E-state index contributed by atoms with van der Waals surface area (Å²) in [5.41, 5.74) is 4.99. The lowest BCUT2D eigenvalue weighted by atomic mass is 10.1. The molecule has 1 N–H and O–H groups in total. The second-order valence-corrected chi connectivity index (χ2v) is 6.72. The molecular formula is C23H23N3O5. The van der Waals surface area contributed by atoms with Gasteiger partial charge in [0.2, 0.25) is 11.7 Å². The van der Waals surface area contributed by atoms with Crippen LogP contribution in [0, 0.1) is 13.8 Å². The molecule has 0 aliphatic carbocycles. The third-order valence-corrected chi connectivity index (χ3v) is 4.59. The van der Waals surface area contributed by atoms with Gasteiger partial charge in [-0.1, -0.05) is 18.2 Å². The Morgan fingerprint density at radius 1 is 1.03 bits per heavy atom. The van der Waals surface area contributed by atoms with Gasteiger partial charge in [0.1, 0.15) is 5.56 Å². The summed E-state index contributed by atoms with van der Waals surface area (Å²) < 4.78 is 12.0. The Balaban J connectivity index is 1.70. The first-order chi connectivity index (χ1) is 14.9. The Kier molecular flexibility index (Phi) is 6.81. The predicted octanol–water partition coefficient (Wildman–Crippen LogP) is 3.32. The molecule has 0 radical (unpaired) electrons. The molecule has 8 nitrogen and oxygen atoms in total. The van der Waals surface area contributed by atoms with E-state index in [0.717, 1.165) is 0 Å². The number of nitrogens with one attached hydrogen (secondary N) is 1. The van der Waals surface area contributed by atoms with Gasteiger partial charge < -0.3 is 9.47 Å². The molecule has 8 heteroatoms. The second-order valence-electron chi connectivity index (χ2n) is 6.72. The molecule has 160 valence electrons. The van der Waals surface area contributed by atoms with Gasteiger partial charge in [0.25, 0.3) is 5.91 Å². The third-order valence-electron chi connectivity index (χ3n) is 4.59. The van der Waals surface area contributed by atoms with Crippen LogP contribution in [0.15, 0.2) is 54.7 Å². The van der Waals surface area contributed by atoms with Crippen molar-refractivity contribution in [3.63, 3.8) is 0 Å². The molecule has 0 spiro atoms. The molecule has 31 heavy (non-hydrogen) atoms. The molecule has 0 atom stereocenters. The molecular weight excluding hydrogens is 398 g/mol. The van der Waals surface area contributed by atoms with Crippen molar-refractivity contribution in [2.24, 2.45) is 0 Å². The number of carbonyl (C=O) groups excluding carboxylic acids is 3. The van der Waals surface area contributed by atoms with E-state index < -0.39 is 12.6 Å². The number of Topliss-reactive ketones (excluding diaryl/α,β-unsaturated/α-hetero) is 1. The molecule has 0 saturated carbocycles. The molecule has 3 aromatic rings. The van der Waals surface area contributed by atoms with Crippen molar-refractivity contribution in [1.29, 1.82) is 0 Å². The Bertz CT molecular complexity index is 1110. The first-order valence-corrected chi connectivity index (χ1v) is 9.75. The van der Waals surface area contributed by atoms with Crippen LogP contribution in [0.1, 0.15) is 49.4 Å². The average molecular weight is 421 g/mol. The Morgan fingerprint density at radius 2 is 1.77 bits per heavy atom. The number of esters is 1. The minimum Gasteiger partial charge on any atom is -0.477 e. The summed E-state index contributed by atoms with van der Waals surface area (Å²) in [6, 6.07) is 13.5. The van der Waals surface area contributed by atoms with Gasteiger partial charge in [-0.05, 0) is 51.1 Å². The topological polar surface area (TPSA) is 99.5 Å². The van der Waals surface area contributed by atoms with Crippen molar-refractivity contribution in [2.45, 2.75) is 20.8 Å². The number of carbonyl (C=O) groups is 3. The molecule has 2 aromatic heterocycles. The van der Waals surface area contributed by atoms with Crippen LogP contribution < -0.4 is 10.2 Å². The molecule has 0 aliphatic heterocycles. The molecule has 0 aliphatic rings. The van der Waals surface area contributed by atoms with Crippen molar-refractivity contribution >= 4 is 17.7 Å². The number of hydrogen-bond donors (Lipinski definition) is 1. The molecule has 2 heterocycles. The van der Waals surface area contributed by atoms with Crippen LogP contribution in [0.3, 0.4) is 0 Å². The van der Waals surface area contributed by atoms with E-state index in [2.05, 4.69) is 10.4 Å². The van der Waals surface area contributed by atoms with Gasteiger partial charge in [0.05, 0.1) is 6.61 Å². The highest BCUT2D eigenvalue weighted by Crippen LogP contribution is 2.18. The summed E-state index contributed by atoms with van der Waals surface area (Å²) in [7, 11) is 0. The Morgan fingerprint density at radius 3 is 2.48 bits per heavy atom. The number of pyridine rings is 1. The molecule has 0 unspecified atom stereocenters. The summed E-state index contributed by atoms with van der Waals surface area (Å²) in [5.74, 6) is -1.23. The van der Waals surface area contributed by atoms with E-state index in [-0.39, 0.29) is 23.1 Å². The van der Waals surface area contributed by atoms with Crippen LogP contribution >= 0.6 is 0 Å². The molecule has 0 fully saturated rings. The van der Waals surface area contributed by atoms with Crippen LogP contribution in [0.2, 0.25) is 0 Å². The first kappa shape index (κ1) is 21.8. The number of amides is 1. The fraction of sp³-hybridized carbons (Fsp3) is 0.217. The van der Waals surface area contributed by atoms with Crippen LogP contribution in [-0.4, -0.2) is 40.5 Å². The fourth-order valence-electron chi connectivity index (χ4n) is 3.06. The van der Waals surface area contributed by atoms with E-state index in [1.54, 1.807) is 61.8 Å². The lowest BCUT2D eigenvalue weighted by molar-refractivity contribution is 0.0469. The second kappa shape index (κ2) is 9.71. The van der Waals surface area contributed by atoms with E-state index in [1.807, 2.05) is 6.07 Å². The van der Waals surface area contributed by atoms with Gasteiger partial charge >= 0.3 is 5.97 Å². The number of ether oxygens (including phenoxy) is 2. The zero-order chi connectivity index (χ0) is 22.4. The maximum atomic E-state index is 12.7. The summed E-state index contributed by atoms with van der Waals surface area (Å²) in [5, 5.41) is 0. The van der Waals surface area contributed by atoms with E-state index in [0.29, 0.717) is 29.1 Å². The van der Waals surface area contributed by atoms with E-state index in [9.17, 15) is 14.4 Å². The number of ketones is 1. The normalized spacial score (nSPS) is 10.4. The van der Waals surface area contributed by atoms with Crippen molar-refractivity contribution in [2.75, 3.05) is 18.6 Å². The SMILES string of the molecule is CCOc1ncccc1C(=O)OCC(=O)c1cc(C)n(NC(=O)c2ccccc2)c1C. The number of rotatable bonds is 8. The number of benzene rings is 1. The van der Waals surface area contributed by atoms with Gasteiger partial charge in [0.15, 0.2) is 6.61 Å². The minimum absolute atomic E-state index is 0.151. The van der Waals surface area contributed by atoms with Crippen molar-refractivity contribution in [1.82, 2.24) is 9.66 Å². The zero-order valence-corrected chi connectivity index (χ0v) is 17.5. The van der Waals surface area contributed by atoms with Gasteiger partial charge in [0, 0.05) is 28.7 Å². The molecule has 0 bridgehead atoms. The summed E-state index contributed by atoms with van der Waals surface area (Å²) in [6.45, 7) is 5.15. The van der Waals surface area contributed by atoms with E-state index >= 15 is 0 Å².